The fourth-order valence-corrected chi connectivity index (χ4v) is 2.45. The van der Waals surface area contributed by atoms with Gasteiger partial charge in [0.2, 0.25) is 5.89 Å². The average Bonchev–Trinajstić information content (AvgIpc) is 2.89. The molecule has 1 aromatic heterocycles. The lowest BCUT2D eigenvalue weighted by Crippen LogP contribution is -2.44. The van der Waals surface area contributed by atoms with E-state index in [0.717, 1.165) is 19.3 Å². The van der Waals surface area contributed by atoms with Gasteiger partial charge in [-0.15, -0.1) is 12.4 Å². The van der Waals surface area contributed by atoms with E-state index in [1.165, 1.54) is 0 Å². The molecule has 22 heavy (non-hydrogen) atoms. The molecule has 1 aliphatic rings. The van der Waals surface area contributed by atoms with E-state index in [0.29, 0.717) is 40.5 Å². The van der Waals surface area contributed by atoms with Crippen LogP contribution in [0.3, 0.4) is 0 Å². The zero-order valence-electron chi connectivity index (χ0n) is 11.7. The lowest BCUT2D eigenvalue weighted by molar-refractivity contribution is 0.228. The van der Waals surface area contributed by atoms with Crippen molar-refractivity contribution >= 4 is 35.6 Å². The van der Waals surface area contributed by atoms with Gasteiger partial charge in [-0.05, 0) is 31.4 Å². The van der Waals surface area contributed by atoms with Crippen molar-refractivity contribution in [2.24, 2.45) is 5.73 Å². The first kappa shape index (κ1) is 17.3. The van der Waals surface area contributed by atoms with Crippen molar-refractivity contribution in [1.82, 2.24) is 10.1 Å². The molecule has 0 radical (unpaired) electrons. The third-order valence-corrected chi connectivity index (χ3v) is 4.37. The minimum atomic E-state index is -0.397. The summed E-state index contributed by atoms with van der Waals surface area (Å²) in [6, 6.07) is 5.13. The van der Waals surface area contributed by atoms with Crippen LogP contribution >= 0.6 is 35.6 Å². The van der Waals surface area contributed by atoms with Crippen LogP contribution in [0.1, 0.15) is 31.0 Å². The summed E-state index contributed by atoms with van der Waals surface area (Å²) in [5.41, 5.74) is 5.75. The van der Waals surface area contributed by atoms with Crippen LogP contribution in [0.4, 0.5) is 0 Å². The molecule has 0 amide bonds. The summed E-state index contributed by atoms with van der Waals surface area (Å²) in [6.45, 7) is 0.414. The van der Waals surface area contributed by atoms with Crippen molar-refractivity contribution in [3.63, 3.8) is 0 Å². The highest BCUT2D eigenvalue weighted by Gasteiger charge is 2.38. The number of nitrogens with zero attached hydrogens (tertiary/aromatic N) is 2. The summed E-state index contributed by atoms with van der Waals surface area (Å²) >= 11 is 11.8. The summed E-state index contributed by atoms with van der Waals surface area (Å²) in [6.07, 6.45) is 3.45. The van der Waals surface area contributed by atoms with Crippen LogP contribution in [-0.2, 0) is 12.0 Å². The highest BCUT2D eigenvalue weighted by atomic mass is 35.5. The largest absolute Gasteiger partial charge is 0.493 e. The maximum atomic E-state index is 6.14. The molecule has 3 rings (SSSR count). The number of nitrogens with two attached hydrogens (primary N) is 1. The van der Waals surface area contributed by atoms with E-state index in [1.807, 2.05) is 0 Å². The molecule has 0 unspecified atom stereocenters. The second kappa shape index (κ2) is 7.04. The van der Waals surface area contributed by atoms with Crippen molar-refractivity contribution in [2.45, 2.75) is 31.2 Å². The molecule has 0 saturated heterocycles. The van der Waals surface area contributed by atoms with Gasteiger partial charge in [0.15, 0.2) is 5.82 Å². The molecule has 0 atom stereocenters. The first-order chi connectivity index (χ1) is 10.1. The minimum absolute atomic E-state index is 0. The molecule has 0 bridgehead atoms. The predicted molar refractivity (Wildman–Crippen MR) is 86.9 cm³/mol. The van der Waals surface area contributed by atoms with E-state index in [2.05, 4.69) is 10.1 Å². The first-order valence-corrected chi connectivity index (χ1v) is 7.52. The van der Waals surface area contributed by atoms with E-state index in [-0.39, 0.29) is 12.4 Å². The third-order valence-electron chi connectivity index (χ3n) is 3.63. The second-order valence-electron chi connectivity index (χ2n) is 5.20. The number of ether oxygens (including phenoxy) is 1. The lowest BCUT2D eigenvalue weighted by atomic mass is 9.77. The zero-order chi connectivity index (χ0) is 14.9. The lowest BCUT2D eigenvalue weighted by Gasteiger charge is -2.34. The molecule has 0 aliphatic heterocycles. The smallest absolute Gasteiger partial charge is 0.230 e. The average molecular weight is 365 g/mol. The molecule has 2 aromatic rings. The standard InChI is InChI=1S/C14H15Cl2N3O2.ClH/c15-10-3-2-9(8-11(10)16)20-7-4-12-18-13(19-21-12)14(17)5-1-6-14;/h2-3,8H,1,4-7,17H2;1H. The SMILES string of the molecule is Cl.NC1(c2noc(CCOc3ccc(Cl)c(Cl)c3)n2)CCC1. The van der Waals surface area contributed by atoms with Crippen LogP contribution in [0.15, 0.2) is 22.7 Å². The number of benzene rings is 1. The Hall–Kier alpha value is -1.01. The van der Waals surface area contributed by atoms with Gasteiger partial charge in [0.1, 0.15) is 5.75 Å². The van der Waals surface area contributed by atoms with Crippen LogP contribution in [0, 0.1) is 0 Å². The van der Waals surface area contributed by atoms with Gasteiger partial charge < -0.3 is 15.0 Å². The van der Waals surface area contributed by atoms with E-state index in [4.69, 9.17) is 38.2 Å². The van der Waals surface area contributed by atoms with Crippen LogP contribution in [0.2, 0.25) is 10.0 Å². The normalized spacial score (nSPS) is 15.8. The first-order valence-electron chi connectivity index (χ1n) is 6.77. The Morgan fingerprint density at radius 1 is 1.27 bits per heavy atom. The van der Waals surface area contributed by atoms with Gasteiger partial charge in [0.25, 0.3) is 0 Å². The van der Waals surface area contributed by atoms with Crippen molar-refractivity contribution in [3.05, 3.63) is 40.0 Å². The van der Waals surface area contributed by atoms with Crippen LogP contribution in [-0.4, -0.2) is 16.7 Å². The van der Waals surface area contributed by atoms with E-state index < -0.39 is 5.54 Å². The molecular weight excluding hydrogens is 349 g/mol. The van der Waals surface area contributed by atoms with Gasteiger partial charge in [-0.1, -0.05) is 28.4 Å². The van der Waals surface area contributed by atoms with Gasteiger partial charge in [0, 0.05) is 6.07 Å². The van der Waals surface area contributed by atoms with Gasteiger partial charge in [-0.2, -0.15) is 4.98 Å². The Bertz CT molecular complexity index is 644. The van der Waals surface area contributed by atoms with Gasteiger partial charge in [-0.25, -0.2) is 0 Å². The fourth-order valence-electron chi connectivity index (χ4n) is 2.16. The summed E-state index contributed by atoms with van der Waals surface area (Å²) < 4.78 is 10.8. The maximum absolute atomic E-state index is 6.14. The topological polar surface area (TPSA) is 74.2 Å². The van der Waals surface area contributed by atoms with E-state index in [9.17, 15) is 0 Å². The van der Waals surface area contributed by atoms with Crippen molar-refractivity contribution in [3.8, 4) is 5.75 Å². The number of rotatable bonds is 5. The number of hydrogen-bond acceptors (Lipinski definition) is 5. The summed E-state index contributed by atoms with van der Waals surface area (Å²) in [5.74, 6) is 1.78. The highest BCUT2D eigenvalue weighted by Crippen LogP contribution is 2.36. The molecule has 1 heterocycles. The Morgan fingerprint density at radius 2 is 2.05 bits per heavy atom. The van der Waals surface area contributed by atoms with Gasteiger partial charge in [-0.3, -0.25) is 0 Å². The van der Waals surface area contributed by atoms with Crippen LogP contribution in [0.25, 0.3) is 0 Å². The fraction of sp³-hybridized carbons (Fsp3) is 0.429. The van der Waals surface area contributed by atoms with E-state index >= 15 is 0 Å². The van der Waals surface area contributed by atoms with Crippen LogP contribution < -0.4 is 10.5 Å². The van der Waals surface area contributed by atoms with Crippen molar-refractivity contribution < 1.29 is 9.26 Å². The molecule has 1 aliphatic carbocycles. The Morgan fingerprint density at radius 3 is 2.68 bits per heavy atom. The van der Waals surface area contributed by atoms with Gasteiger partial charge >= 0.3 is 0 Å². The molecule has 1 aromatic carbocycles. The number of hydrogen-bond donors (Lipinski definition) is 1. The van der Waals surface area contributed by atoms with Crippen LogP contribution in [0.5, 0.6) is 5.75 Å². The molecule has 0 spiro atoms. The predicted octanol–water partition coefficient (Wildman–Crippen LogP) is 3.76. The molecule has 1 saturated carbocycles. The quantitative estimate of drug-likeness (QED) is 0.874. The molecule has 1 fully saturated rings. The number of halogens is 3. The molecule has 2 N–H and O–H groups in total. The maximum Gasteiger partial charge on any atom is 0.230 e. The molecule has 5 nitrogen and oxygen atoms in total. The third kappa shape index (κ3) is 3.66. The Labute approximate surface area is 144 Å². The summed E-state index contributed by atoms with van der Waals surface area (Å²) in [7, 11) is 0. The molecule has 120 valence electrons. The van der Waals surface area contributed by atoms with Gasteiger partial charge in [0.05, 0.1) is 28.6 Å². The Kier molecular flexibility index (Phi) is 5.55. The monoisotopic (exact) mass is 363 g/mol. The summed E-state index contributed by atoms with van der Waals surface area (Å²) in [4.78, 5) is 4.34. The minimum Gasteiger partial charge on any atom is -0.493 e. The summed E-state index contributed by atoms with van der Waals surface area (Å²) in [5, 5.41) is 4.92. The van der Waals surface area contributed by atoms with Crippen molar-refractivity contribution in [1.29, 1.82) is 0 Å². The zero-order valence-corrected chi connectivity index (χ0v) is 14.0. The molecule has 8 heteroatoms. The van der Waals surface area contributed by atoms with E-state index in [1.54, 1.807) is 18.2 Å². The Balaban J connectivity index is 0.00000176. The van der Waals surface area contributed by atoms with Crippen molar-refractivity contribution in [2.75, 3.05) is 6.61 Å². The second-order valence-corrected chi connectivity index (χ2v) is 6.01. The highest BCUT2D eigenvalue weighted by molar-refractivity contribution is 6.42. The number of aromatic nitrogens is 2. The molecular formula is C14H16Cl3N3O2.